The van der Waals surface area contributed by atoms with Crippen LogP contribution in [0.4, 0.5) is 5.82 Å². The molecule has 0 spiro atoms. The van der Waals surface area contributed by atoms with Gasteiger partial charge in [0.2, 0.25) is 0 Å². The van der Waals surface area contributed by atoms with Gasteiger partial charge >= 0.3 is 21.3 Å². The Balaban J connectivity index is 0.00000420. The van der Waals surface area contributed by atoms with Gasteiger partial charge in [0, 0.05) is 50.4 Å². The second-order valence-electron chi connectivity index (χ2n) is 8.30. The minimum atomic E-state index is -4.62. The number of nitrogen functional groups attached to an aromatic ring is 1. The average Bonchev–Trinajstić information content (AvgIpc) is 3.28. The smallest absolute Gasteiger partial charge is 0.383 e. The van der Waals surface area contributed by atoms with Gasteiger partial charge in [0.15, 0.2) is 0 Å². The largest absolute Gasteiger partial charge is 0.472 e. The zero-order valence-electron chi connectivity index (χ0n) is 20.7. The summed E-state index contributed by atoms with van der Waals surface area (Å²) in [5.74, 6) is 0.00267. The topological polar surface area (TPSA) is 182 Å². The molecule has 0 saturated carbocycles. The van der Waals surface area contributed by atoms with Crippen LogP contribution in [0.15, 0.2) is 77.7 Å². The Morgan fingerprint density at radius 3 is 2.05 bits per heavy atom. The van der Waals surface area contributed by atoms with Crippen LogP contribution in [-0.4, -0.2) is 75.9 Å². The van der Waals surface area contributed by atoms with Gasteiger partial charge in [-0.1, -0.05) is 60.7 Å². The van der Waals surface area contributed by atoms with Gasteiger partial charge in [-0.05, 0) is 17.2 Å². The summed E-state index contributed by atoms with van der Waals surface area (Å²) in [6.07, 6.45) is -2.05. The van der Waals surface area contributed by atoms with E-state index in [1.807, 2.05) is 0 Å². The predicted octanol–water partition coefficient (Wildman–Crippen LogP) is 2.77. The van der Waals surface area contributed by atoms with E-state index in [1.165, 1.54) is 12.3 Å². The third-order valence-electron chi connectivity index (χ3n) is 5.49. The summed E-state index contributed by atoms with van der Waals surface area (Å²) in [6.45, 7) is -0.943. The molecule has 4 N–H and O–H groups in total. The van der Waals surface area contributed by atoms with Crippen LogP contribution in [0.3, 0.4) is 0 Å². The van der Waals surface area contributed by atoms with E-state index in [0.29, 0.717) is 11.1 Å². The SMILES string of the molecule is Nc1ccn([C@H]2C[C@H](OP(=O)(O)OCc3ccccc3)[C@@H](COP(=O)(O)OCc3ccccc3)O2)c(=O)n1.[Ca]. The van der Waals surface area contributed by atoms with Crippen LogP contribution >= 0.6 is 15.6 Å². The Kier molecular flexibility index (Phi) is 11.9. The number of phosphoric ester groups is 2. The zero-order valence-corrected chi connectivity index (χ0v) is 24.7. The van der Waals surface area contributed by atoms with Gasteiger partial charge in [0.05, 0.1) is 19.8 Å². The van der Waals surface area contributed by atoms with E-state index in [4.69, 9.17) is 28.6 Å². The Morgan fingerprint density at radius 2 is 1.49 bits per heavy atom. The molecule has 206 valence electrons. The van der Waals surface area contributed by atoms with Crippen molar-refractivity contribution >= 4 is 59.2 Å². The summed E-state index contributed by atoms with van der Waals surface area (Å²) >= 11 is 0. The molecule has 0 bridgehead atoms. The molecule has 4 rings (SSSR count). The first-order valence-corrected chi connectivity index (χ1v) is 14.4. The maximum atomic E-state index is 12.7. The monoisotopic (exact) mass is 607 g/mol. The summed E-state index contributed by atoms with van der Waals surface area (Å²) < 4.78 is 52.6. The van der Waals surface area contributed by atoms with Crippen molar-refractivity contribution in [1.82, 2.24) is 9.55 Å². The fourth-order valence-electron chi connectivity index (χ4n) is 3.64. The molecule has 0 amide bonds. The van der Waals surface area contributed by atoms with Crippen molar-refractivity contribution in [2.24, 2.45) is 0 Å². The molecule has 2 radical (unpaired) electrons. The van der Waals surface area contributed by atoms with Crippen molar-refractivity contribution in [3.05, 3.63) is 94.5 Å². The first-order chi connectivity index (χ1) is 18.1. The van der Waals surface area contributed by atoms with Crippen LogP contribution in [0.1, 0.15) is 23.8 Å². The molecule has 2 aromatic carbocycles. The molecule has 2 heterocycles. The summed E-state index contributed by atoms with van der Waals surface area (Å²) in [4.78, 5) is 36.4. The Morgan fingerprint density at radius 1 is 0.923 bits per heavy atom. The van der Waals surface area contributed by atoms with Gasteiger partial charge in [-0.15, -0.1) is 0 Å². The van der Waals surface area contributed by atoms with E-state index >= 15 is 0 Å². The molecule has 0 aliphatic carbocycles. The molecule has 1 aliphatic rings. The number of rotatable bonds is 12. The molecule has 1 aromatic heterocycles. The number of nitrogens with two attached hydrogens (primary N) is 1. The maximum Gasteiger partial charge on any atom is 0.472 e. The minimum Gasteiger partial charge on any atom is -0.383 e. The van der Waals surface area contributed by atoms with Crippen LogP contribution in [-0.2, 0) is 45.2 Å². The minimum absolute atomic E-state index is 0. The quantitative estimate of drug-likeness (QED) is 0.203. The van der Waals surface area contributed by atoms with Gasteiger partial charge in [-0.2, -0.15) is 4.98 Å². The Bertz CT molecular complexity index is 1370. The molecular weight excluding hydrogens is 580 g/mol. The third kappa shape index (κ3) is 9.86. The molecule has 16 heteroatoms. The van der Waals surface area contributed by atoms with E-state index in [2.05, 4.69) is 4.98 Å². The van der Waals surface area contributed by atoms with E-state index in [0.717, 1.165) is 4.57 Å². The summed E-state index contributed by atoms with van der Waals surface area (Å²) in [5, 5.41) is 0. The number of ether oxygens (including phenoxy) is 1. The number of hydrogen-bond donors (Lipinski definition) is 3. The molecule has 5 atom stereocenters. The number of nitrogens with zero attached hydrogens (tertiary/aromatic N) is 2. The second-order valence-corrected chi connectivity index (χ2v) is 11.2. The van der Waals surface area contributed by atoms with E-state index < -0.39 is 46.4 Å². The average molecular weight is 608 g/mol. The fourth-order valence-corrected chi connectivity index (χ4v) is 5.30. The first kappa shape index (κ1) is 32.1. The number of benzene rings is 2. The fraction of sp³-hybridized carbons (Fsp3) is 0.304. The Labute approximate surface area is 254 Å². The number of hydrogen-bond acceptors (Lipinski definition) is 10. The van der Waals surface area contributed by atoms with Crippen molar-refractivity contribution in [3.8, 4) is 0 Å². The normalized spacial score (nSPS) is 21.9. The van der Waals surface area contributed by atoms with Crippen molar-refractivity contribution in [2.75, 3.05) is 12.3 Å². The van der Waals surface area contributed by atoms with Crippen LogP contribution in [0.25, 0.3) is 0 Å². The molecule has 2 unspecified atom stereocenters. The van der Waals surface area contributed by atoms with Gasteiger partial charge < -0.3 is 20.3 Å². The van der Waals surface area contributed by atoms with Crippen molar-refractivity contribution in [1.29, 1.82) is 0 Å². The standard InChI is InChI=1S/C23H27N3O10P2.Ca/c24-21-11-12-26(23(27)25-21)22-13-19(36-38(30,31)33-15-18-9-5-2-6-10-18)20(35-22)16-34-37(28,29)32-14-17-7-3-1-4-8-17;/h1-12,19-20,22H,13-16H2,(H,28,29)(H,30,31)(H2,24,25,27);/t19-,20+,22+;/m0./s1. The number of aromatic nitrogens is 2. The second kappa shape index (κ2) is 14.5. The van der Waals surface area contributed by atoms with Crippen molar-refractivity contribution in [3.63, 3.8) is 0 Å². The molecule has 13 nitrogen and oxygen atoms in total. The molecule has 3 aromatic rings. The zero-order chi connectivity index (χ0) is 27.2. The predicted molar refractivity (Wildman–Crippen MR) is 140 cm³/mol. The van der Waals surface area contributed by atoms with Crippen molar-refractivity contribution < 1.29 is 41.7 Å². The molecule has 39 heavy (non-hydrogen) atoms. The number of phosphoric acid groups is 2. The molecular formula is C23H27CaN3O10P2. The van der Waals surface area contributed by atoms with E-state index in [1.54, 1.807) is 60.7 Å². The summed E-state index contributed by atoms with van der Waals surface area (Å²) in [6, 6.07) is 18.8. The van der Waals surface area contributed by atoms with Crippen LogP contribution in [0.5, 0.6) is 0 Å². The first-order valence-electron chi connectivity index (χ1n) is 11.5. The number of anilines is 1. The van der Waals surface area contributed by atoms with Crippen LogP contribution in [0, 0.1) is 0 Å². The summed E-state index contributed by atoms with van der Waals surface area (Å²) in [5.41, 5.74) is 6.11. The molecule has 1 aliphatic heterocycles. The van der Waals surface area contributed by atoms with E-state index in [-0.39, 0.29) is 63.2 Å². The van der Waals surface area contributed by atoms with Crippen LogP contribution < -0.4 is 11.4 Å². The Hall–Kier alpha value is -1.44. The van der Waals surface area contributed by atoms with Crippen molar-refractivity contribution in [2.45, 2.75) is 38.1 Å². The molecule has 1 saturated heterocycles. The van der Waals surface area contributed by atoms with E-state index in [9.17, 15) is 23.7 Å². The summed E-state index contributed by atoms with van der Waals surface area (Å²) in [7, 11) is -9.17. The molecule has 1 fully saturated rings. The van der Waals surface area contributed by atoms with Crippen LogP contribution in [0.2, 0.25) is 0 Å². The third-order valence-corrected chi connectivity index (χ3v) is 7.41. The maximum absolute atomic E-state index is 12.7. The van der Waals surface area contributed by atoms with Gasteiger partial charge in [0.1, 0.15) is 24.3 Å². The van der Waals surface area contributed by atoms with Gasteiger partial charge in [-0.3, -0.25) is 22.7 Å². The van der Waals surface area contributed by atoms with Gasteiger partial charge in [0.25, 0.3) is 0 Å². The van der Waals surface area contributed by atoms with Gasteiger partial charge in [-0.25, -0.2) is 13.9 Å².